The highest BCUT2D eigenvalue weighted by Gasteiger charge is 2.47. The third kappa shape index (κ3) is 5.67. The first-order valence-electron chi connectivity index (χ1n) is 10.3. The number of fused-ring (bicyclic) bond motifs is 1. The molecule has 27 heavy (non-hydrogen) atoms. The fourth-order valence-corrected chi connectivity index (χ4v) is 4.23. The van der Waals surface area contributed by atoms with Crippen molar-refractivity contribution in [2.45, 2.75) is 77.9 Å². The molecule has 3 N–H and O–H groups in total. The van der Waals surface area contributed by atoms with Crippen molar-refractivity contribution in [2.24, 2.45) is 17.6 Å². The van der Waals surface area contributed by atoms with Crippen LogP contribution < -0.4 is 11.1 Å². The summed E-state index contributed by atoms with van der Waals surface area (Å²) in [5.41, 5.74) is 5.34. The Balaban J connectivity index is 2.18. The predicted octanol–water partition coefficient (Wildman–Crippen LogP) is 1.11. The van der Waals surface area contributed by atoms with E-state index < -0.39 is 6.04 Å². The maximum absolute atomic E-state index is 13.4. The monoisotopic (exact) mass is 380 g/mol. The number of rotatable bonds is 9. The van der Waals surface area contributed by atoms with Gasteiger partial charge in [-0.1, -0.05) is 27.7 Å². The molecule has 0 unspecified atom stereocenters. The van der Waals surface area contributed by atoms with Gasteiger partial charge in [0, 0.05) is 19.5 Å². The summed E-state index contributed by atoms with van der Waals surface area (Å²) in [6.07, 6.45) is 3.40. The number of hydrogen-bond donors (Lipinski definition) is 2. The number of nitrogens with two attached hydrogens (primary N) is 1. The van der Waals surface area contributed by atoms with Crippen molar-refractivity contribution in [1.29, 1.82) is 0 Å². The van der Waals surface area contributed by atoms with Crippen LogP contribution in [0.15, 0.2) is 0 Å². The number of piperazine rings is 2. The van der Waals surface area contributed by atoms with Gasteiger partial charge in [-0.05, 0) is 44.1 Å². The molecule has 2 fully saturated rings. The van der Waals surface area contributed by atoms with Crippen molar-refractivity contribution >= 4 is 17.7 Å². The van der Waals surface area contributed by atoms with Crippen molar-refractivity contribution < 1.29 is 14.4 Å². The Hall–Kier alpha value is -1.63. The minimum atomic E-state index is -0.412. The van der Waals surface area contributed by atoms with Gasteiger partial charge >= 0.3 is 0 Å². The fraction of sp³-hybridized carbons (Fsp3) is 0.850. The summed E-state index contributed by atoms with van der Waals surface area (Å²) in [6, 6.07) is -0.769. The maximum atomic E-state index is 13.4. The van der Waals surface area contributed by atoms with Crippen LogP contribution in [0.1, 0.15) is 59.8 Å². The summed E-state index contributed by atoms with van der Waals surface area (Å²) in [5.74, 6) is 0.478. The average Bonchev–Trinajstić information content (AvgIpc) is 2.56. The second kappa shape index (κ2) is 9.53. The molecule has 3 amide bonds. The summed E-state index contributed by atoms with van der Waals surface area (Å²) >= 11 is 0. The number of nitrogens with zero attached hydrogens (tertiary/aromatic N) is 2. The number of primary amides is 1. The van der Waals surface area contributed by atoms with Crippen LogP contribution in [0, 0.1) is 11.8 Å². The summed E-state index contributed by atoms with van der Waals surface area (Å²) in [7, 11) is 0. The summed E-state index contributed by atoms with van der Waals surface area (Å²) in [5, 5.41) is 2.98. The van der Waals surface area contributed by atoms with Crippen LogP contribution in [0.2, 0.25) is 0 Å². The molecule has 7 heteroatoms. The second-order valence-corrected chi connectivity index (χ2v) is 8.84. The van der Waals surface area contributed by atoms with Crippen LogP contribution in [0.5, 0.6) is 0 Å². The molecule has 3 atom stereocenters. The zero-order chi connectivity index (χ0) is 20.1. The molecule has 2 aliphatic heterocycles. The van der Waals surface area contributed by atoms with Crippen LogP contribution >= 0.6 is 0 Å². The van der Waals surface area contributed by atoms with Crippen molar-refractivity contribution in [3.63, 3.8) is 0 Å². The quantitative estimate of drug-likeness (QED) is 0.626. The van der Waals surface area contributed by atoms with Crippen molar-refractivity contribution in [2.75, 3.05) is 19.6 Å². The zero-order valence-corrected chi connectivity index (χ0v) is 17.2. The van der Waals surface area contributed by atoms with E-state index in [9.17, 15) is 14.4 Å². The number of nitrogens with one attached hydrogen (secondary N) is 1. The van der Waals surface area contributed by atoms with Gasteiger partial charge in [-0.15, -0.1) is 0 Å². The lowest BCUT2D eigenvalue weighted by atomic mass is 9.92. The van der Waals surface area contributed by atoms with Gasteiger partial charge in [0.15, 0.2) is 0 Å². The van der Waals surface area contributed by atoms with Gasteiger partial charge in [0.2, 0.25) is 17.7 Å². The predicted molar refractivity (Wildman–Crippen MR) is 105 cm³/mol. The molecule has 2 saturated heterocycles. The summed E-state index contributed by atoms with van der Waals surface area (Å²) in [4.78, 5) is 41.1. The van der Waals surface area contributed by atoms with Crippen LogP contribution in [0.3, 0.4) is 0 Å². The molecule has 0 radical (unpaired) electrons. The molecule has 2 aliphatic rings. The largest absolute Gasteiger partial charge is 0.370 e. The minimum Gasteiger partial charge on any atom is -0.370 e. The van der Waals surface area contributed by atoms with E-state index in [1.165, 1.54) is 0 Å². The molecule has 0 spiro atoms. The smallest absolute Gasteiger partial charge is 0.242 e. The highest BCUT2D eigenvalue weighted by atomic mass is 16.2. The lowest BCUT2D eigenvalue weighted by Gasteiger charge is -2.51. The first-order chi connectivity index (χ1) is 12.7. The van der Waals surface area contributed by atoms with Crippen molar-refractivity contribution in [3.8, 4) is 0 Å². The lowest BCUT2D eigenvalue weighted by molar-refractivity contribution is -0.159. The normalized spacial score (nSPS) is 26.4. The number of hydrogen-bond acceptors (Lipinski definition) is 4. The van der Waals surface area contributed by atoms with E-state index in [0.717, 1.165) is 25.9 Å². The van der Waals surface area contributed by atoms with Gasteiger partial charge < -0.3 is 16.0 Å². The van der Waals surface area contributed by atoms with Crippen LogP contribution in [-0.2, 0) is 14.4 Å². The van der Waals surface area contributed by atoms with E-state index in [-0.39, 0.29) is 36.2 Å². The molecule has 2 heterocycles. The first kappa shape index (κ1) is 21.7. The van der Waals surface area contributed by atoms with Crippen LogP contribution in [0.25, 0.3) is 0 Å². The summed E-state index contributed by atoms with van der Waals surface area (Å²) in [6.45, 7) is 10.6. The number of carbonyl (C=O) groups is 3. The van der Waals surface area contributed by atoms with Crippen molar-refractivity contribution in [3.05, 3.63) is 0 Å². The third-order valence-electron chi connectivity index (χ3n) is 5.55. The molecule has 154 valence electrons. The average molecular weight is 381 g/mol. The van der Waals surface area contributed by atoms with E-state index in [4.69, 9.17) is 5.73 Å². The maximum Gasteiger partial charge on any atom is 0.242 e. The molecular formula is C20H36N4O3. The molecule has 2 rings (SSSR count). The molecule has 7 nitrogen and oxygen atoms in total. The van der Waals surface area contributed by atoms with E-state index in [1.807, 2.05) is 4.90 Å². The Morgan fingerprint density at radius 1 is 1.19 bits per heavy atom. The second-order valence-electron chi connectivity index (χ2n) is 8.84. The SMILES string of the molecule is CC(C)CCCN1C[C@H]2CNC(=O)[C@H](CC(C)C)N2C(=O)[C@@H]1CCC(N)=O. The topological polar surface area (TPSA) is 95.7 Å². The van der Waals surface area contributed by atoms with E-state index in [1.54, 1.807) is 0 Å². The Morgan fingerprint density at radius 2 is 1.89 bits per heavy atom. The molecule has 0 bridgehead atoms. The molecule has 0 aliphatic carbocycles. The van der Waals surface area contributed by atoms with E-state index in [0.29, 0.717) is 31.2 Å². The molecule has 0 aromatic heterocycles. The third-order valence-corrected chi connectivity index (χ3v) is 5.55. The van der Waals surface area contributed by atoms with Crippen LogP contribution in [-0.4, -0.2) is 65.3 Å². The standard InChI is InChI=1S/C20H36N4O3/c1-13(2)6-5-9-23-12-15-11-22-19(26)17(10-14(3)4)24(15)20(27)16(23)7-8-18(21)25/h13-17H,5-12H2,1-4H3,(H2,21,25)(H,22,26)/t15-,16+,17+/m1/s1. The lowest BCUT2D eigenvalue weighted by Crippen LogP contribution is -2.71. The molecule has 0 saturated carbocycles. The van der Waals surface area contributed by atoms with Gasteiger partial charge in [-0.2, -0.15) is 0 Å². The molecule has 0 aromatic carbocycles. The Labute approximate surface area is 163 Å². The zero-order valence-electron chi connectivity index (χ0n) is 17.2. The number of carbonyl (C=O) groups excluding carboxylic acids is 3. The fourth-order valence-electron chi connectivity index (χ4n) is 4.23. The van der Waals surface area contributed by atoms with Crippen LogP contribution in [0.4, 0.5) is 0 Å². The van der Waals surface area contributed by atoms with Gasteiger partial charge in [0.1, 0.15) is 6.04 Å². The van der Waals surface area contributed by atoms with Gasteiger partial charge in [-0.25, -0.2) is 0 Å². The Bertz CT molecular complexity index is 549. The van der Waals surface area contributed by atoms with Gasteiger partial charge in [0.25, 0.3) is 0 Å². The molecule has 0 aromatic rings. The van der Waals surface area contributed by atoms with Crippen molar-refractivity contribution in [1.82, 2.24) is 15.1 Å². The first-order valence-corrected chi connectivity index (χ1v) is 10.3. The van der Waals surface area contributed by atoms with Gasteiger partial charge in [-0.3, -0.25) is 19.3 Å². The van der Waals surface area contributed by atoms with E-state index >= 15 is 0 Å². The minimum absolute atomic E-state index is 0.00262. The Kier molecular flexibility index (Phi) is 7.65. The molecular weight excluding hydrogens is 344 g/mol. The van der Waals surface area contributed by atoms with Gasteiger partial charge in [0.05, 0.1) is 12.1 Å². The number of amides is 3. The summed E-state index contributed by atoms with van der Waals surface area (Å²) < 4.78 is 0. The van der Waals surface area contributed by atoms with E-state index in [2.05, 4.69) is 37.9 Å². The Morgan fingerprint density at radius 3 is 2.48 bits per heavy atom. The highest BCUT2D eigenvalue weighted by molar-refractivity contribution is 5.92. The highest BCUT2D eigenvalue weighted by Crippen LogP contribution is 2.27.